The van der Waals surface area contributed by atoms with Crippen molar-refractivity contribution >= 4 is 38.4 Å². The van der Waals surface area contributed by atoms with E-state index in [0.717, 1.165) is 18.2 Å². The summed E-state index contributed by atoms with van der Waals surface area (Å²) in [6, 6.07) is 3.35. The van der Waals surface area contributed by atoms with E-state index in [0.29, 0.717) is 0 Å². The summed E-state index contributed by atoms with van der Waals surface area (Å²) < 4.78 is 37.4. The van der Waals surface area contributed by atoms with E-state index in [9.17, 15) is 17.4 Å². The Morgan fingerprint density at radius 2 is 2.10 bits per heavy atom. The Hall–Kier alpha value is -0.960. The van der Waals surface area contributed by atoms with Crippen LogP contribution in [0.5, 0.6) is 0 Å². The molecule has 0 aliphatic carbocycles. The molecule has 2 N–H and O–H groups in total. The van der Waals surface area contributed by atoms with Gasteiger partial charge in [-0.2, -0.15) is 0 Å². The first-order chi connectivity index (χ1) is 9.15. The quantitative estimate of drug-likeness (QED) is 0.807. The van der Waals surface area contributed by atoms with Gasteiger partial charge in [0.1, 0.15) is 0 Å². The van der Waals surface area contributed by atoms with Crippen molar-refractivity contribution in [3.05, 3.63) is 28.8 Å². The molecule has 0 bridgehead atoms. The highest BCUT2D eigenvalue weighted by Crippen LogP contribution is 2.20. The number of carboxylic acids is 1. The van der Waals surface area contributed by atoms with Crippen LogP contribution in [0.15, 0.2) is 23.1 Å². The smallest absolute Gasteiger partial charge is 0.337 e. The van der Waals surface area contributed by atoms with Gasteiger partial charge in [-0.05, 0) is 25.1 Å². The van der Waals surface area contributed by atoms with Crippen LogP contribution in [0.25, 0.3) is 0 Å². The van der Waals surface area contributed by atoms with Crippen molar-refractivity contribution < 1.29 is 22.5 Å². The molecule has 112 valence electrons. The van der Waals surface area contributed by atoms with Crippen LogP contribution in [0, 0.1) is 0 Å². The lowest BCUT2D eigenvalue weighted by molar-refractivity contribution is 0.0697. The van der Waals surface area contributed by atoms with Gasteiger partial charge in [0.2, 0.25) is 10.0 Å². The molecule has 0 aromatic heterocycles. The summed E-state index contributed by atoms with van der Waals surface area (Å²) in [6.45, 7) is 1.67. The molecule has 0 amide bonds. The van der Waals surface area contributed by atoms with E-state index >= 15 is 0 Å². The Bertz CT molecular complexity index is 644. The Kier molecular flexibility index (Phi) is 5.69. The summed E-state index contributed by atoms with van der Waals surface area (Å²) >= 11 is 5.72. The third-order valence-electron chi connectivity index (χ3n) is 2.61. The van der Waals surface area contributed by atoms with Gasteiger partial charge in [0.25, 0.3) is 0 Å². The molecule has 0 spiro atoms. The largest absolute Gasteiger partial charge is 0.478 e. The van der Waals surface area contributed by atoms with Gasteiger partial charge in [-0.1, -0.05) is 11.6 Å². The fourth-order valence-corrected chi connectivity index (χ4v) is 3.17. The van der Waals surface area contributed by atoms with Crippen LogP contribution in [0.4, 0.5) is 0 Å². The van der Waals surface area contributed by atoms with E-state index in [2.05, 4.69) is 4.72 Å². The second-order valence-corrected chi connectivity index (χ2v) is 8.08. The van der Waals surface area contributed by atoms with Crippen molar-refractivity contribution in [3.8, 4) is 0 Å². The molecular formula is C11H14ClNO5S2. The van der Waals surface area contributed by atoms with E-state index < -0.39 is 26.8 Å². The van der Waals surface area contributed by atoms with Gasteiger partial charge < -0.3 is 5.11 Å². The summed E-state index contributed by atoms with van der Waals surface area (Å²) in [5.74, 6) is -1.23. The monoisotopic (exact) mass is 339 g/mol. The van der Waals surface area contributed by atoms with E-state index in [-0.39, 0.29) is 27.3 Å². The molecule has 2 atom stereocenters. The van der Waals surface area contributed by atoms with Gasteiger partial charge in [-0.15, -0.1) is 0 Å². The number of aromatic carboxylic acids is 1. The Labute approximate surface area is 124 Å². The number of hydrogen-bond donors (Lipinski definition) is 2. The number of sulfonamides is 1. The number of benzene rings is 1. The van der Waals surface area contributed by atoms with Crippen LogP contribution >= 0.6 is 11.6 Å². The van der Waals surface area contributed by atoms with Gasteiger partial charge in [-0.25, -0.2) is 17.9 Å². The maximum absolute atomic E-state index is 12.0. The minimum Gasteiger partial charge on any atom is -0.478 e. The highest BCUT2D eigenvalue weighted by Gasteiger charge is 2.19. The first-order valence-corrected chi connectivity index (χ1v) is 8.98. The van der Waals surface area contributed by atoms with Crippen LogP contribution in [0.2, 0.25) is 5.02 Å². The molecule has 0 saturated heterocycles. The predicted molar refractivity (Wildman–Crippen MR) is 77.1 cm³/mol. The lowest BCUT2D eigenvalue weighted by Crippen LogP contribution is -2.32. The number of halogens is 1. The van der Waals surface area contributed by atoms with Crippen LogP contribution < -0.4 is 4.72 Å². The first kappa shape index (κ1) is 17.1. The molecule has 6 nitrogen and oxygen atoms in total. The van der Waals surface area contributed by atoms with Crippen molar-refractivity contribution in [3.63, 3.8) is 0 Å². The van der Waals surface area contributed by atoms with Crippen molar-refractivity contribution in [2.24, 2.45) is 0 Å². The first-order valence-electron chi connectivity index (χ1n) is 5.50. The van der Waals surface area contributed by atoms with Crippen molar-refractivity contribution in [2.45, 2.75) is 17.1 Å². The van der Waals surface area contributed by atoms with E-state index in [1.54, 1.807) is 6.92 Å². The summed E-state index contributed by atoms with van der Waals surface area (Å²) in [4.78, 5) is 10.7. The summed E-state index contributed by atoms with van der Waals surface area (Å²) in [7, 11) is -4.96. The van der Waals surface area contributed by atoms with Crippen molar-refractivity contribution in [1.82, 2.24) is 4.72 Å². The molecule has 0 fully saturated rings. The number of hydrogen-bond acceptors (Lipinski definition) is 4. The van der Waals surface area contributed by atoms with Crippen LogP contribution in [0.1, 0.15) is 17.3 Å². The number of carbonyl (C=O) groups is 1. The lowest BCUT2D eigenvalue weighted by atomic mass is 10.2. The molecule has 1 rings (SSSR count). The highest BCUT2D eigenvalue weighted by atomic mass is 35.5. The lowest BCUT2D eigenvalue weighted by Gasteiger charge is -2.11. The minimum absolute atomic E-state index is 0.0176. The zero-order chi connectivity index (χ0) is 15.5. The predicted octanol–water partition coefficient (Wildman–Crippen LogP) is 1.08. The van der Waals surface area contributed by atoms with Crippen LogP contribution in [-0.4, -0.2) is 41.8 Å². The maximum Gasteiger partial charge on any atom is 0.337 e. The van der Waals surface area contributed by atoms with E-state index in [1.165, 1.54) is 6.26 Å². The summed E-state index contributed by atoms with van der Waals surface area (Å²) in [6.07, 6.45) is 1.48. The third kappa shape index (κ3) is 4.27. The summed E-state index contributed by atoms with van der Waals surface area (Å²) in [5.41, 5.74) is -0.173. The topological polar surface area (TPSA) is 101 Å². The fourth-order valence-electron chi connectivity index (χ4n) is 1.26. The van der Waals surface area contributed by atoms with Gasteiger partial charge in [0.15, 0.2) is 0 Å². The Morgan fingerprint density at radius 3 is 2.55 bits per heavy atom. The van der Waals surface area contributed by atoms with Gasteiger partial charge >= 0.3 is 5.97 Å². The normalized spacial score (nSPS) is 14.8. The molecule has 9 heteroatoms. The molecule has 0 radical (unpaired) electrons. The number of nitrogens with one attached hydrogen (secondary N) is 1. The molecule has 1 aromatic rings. The molecular weight excluding hydrogens is 326 g/mol. The standard InChI is InChI=1S/C11H14ClNO5S2/c1-7(19(2)16)6-13-20(17,18)8-3-4-9(11(14)15)10(12)5-8/h3-5,7,13H,6H2,1-2H3,(H,14,15). The maximum atomic E-state index is 12.0. The van der Waals surface area contributed by atoms with Crippen molar-refractivity contribution in [1.29, 1.82) is 0 Å². The highest BCUT2D eigenvalue weighted by molar-refractivity contribution is 7.89. The molecule has 20 heavy (non-hydrogen) atoms. The average molecular weight is 340 g/mol. The Balaban J connectivity index is 2.96. The van der Waals surface area contributed by atoms with Gasteiger partial charge in [0, 0.05) is 28.9 Å². The molecule has 0 aliphatic heterocycles. The summed E-state index contributed by atoms with van der Waals surface area (Å²) in [5, 5.41) is 8.32. The number of carboxylic acid groups (broad SMARTS) is 1. The van der Waals surface area contributed by atoms with E-state index in [4.69, 9.17) is 16.7 Å². The van der Waals surface area contributed by atoms with Gasteiger partial charge in [-0.3, -0.25) is 4.21 Å². The fraction of sp³-hybridized carbons (Fsp3) is 0.364. The molecule has 1 aromatic carbocycles. The average Bonchev–Trinajstić information content (AvgIpc) is 2.35. The Morgan fingerprint density at radius 1 is 1.50 bits per heavy atom. The molecule has 0 heterocycles. The molecule has 0 aliphatic rings. The van der Waals surface area contributed by atoms with E-state index in [1.807, 2.05) is 0 Å². The zero-order valence-electron chi connectivity index (χ0n) is 10.8. The molecule has 0 saturated carbocycles. The molecule has 2 unspecified atom stereocenters. The third-order valence-corrected chi connectivity index (χ3v) is 5.64. The van der Waals surface area contributed by atoms with Crippen LogP contribution in [-0.2, 0) is 20.8 Å². The minimum atomic E-state index is -3.82. The SMILES string of the molecule is CC(CNS(=O)(=O)c1ccc(C(=O)O)c(Cl)c1)S(C)=O. The van der Waals surface area contributed by atoms with Gasteiger partial charge in [0.05, 0.1) is 15.5 Å². The van der Waals surface area contributed by atoms with Crippen LogP contribution in [0.3, 0.4) is 0 Å². The second-order valence-electron chi connectivity index (χ2n) is 4.11. The van der Waals surface area contributed by atoms with Crippen molar-refractivity contribution in [2.75, 3.05) is 12.8 Å². The number of rotatable bonds is 6. The zero-order valence-corrected chi connectivity index (χ0v) is 13.2. The second kappa shape index (κ2) is 6.66.